The third-order valence-electron chi connectivity index (χ3n) is 22.8. The first kappa shape index (κ1) is 73.9. The van der Waals surface area contributed by atoms with Gasteiger partial charge >= 0.3 is 0 Å². The molecular formula is C77H85ClFN17O9S5. The van der Waals surface area contributed by atoms with Gasteiger partial charge in [-0.3, -0.25) is 0 Å². The van der Waals surface area contributed by atoms with E-state index in [0.717, 1.165) is 184 Å². The van der Waals surface area contributed by atoms with E-state index in [9.17, 15) is 38.1 Å². The number of hydrogen-bond donors (Lipinski definition) is 4. The summed E-state index contributed by atoms with van der Waals surface area (Å²) in [6.45, 7) is 20.5. The molecule has 0 radical (unpaired) electrons. The highest BCUT2D eigenvalue weighted by atomic mass is 35.5. The van der Waals surface area contributed by atoms with Crippen molar-refractivity contribution >= 4 is 132 Å². The Morgan fingerprint density at radius 1 is 0.409 bits per heavy atom. The fourth-order valence-corrected chi connectivity index (χ4v) is 22.5. The molecule has 8 bridgehead atoms. The lowest BCUT2D eigenvalue weighted by atomic mass is 10.0. The van der Waals surface area contributed by atoms with E-state index in [1.807, 2.05) is 56.3 Å². The minimum atomic E-state index is -3.92. The zero-order chi connectivity index (χ0) is 75.8. The lowest BCUT2D eigenvalue weighted by Crippen LogP contribution is -2.38. The molecule has 110 heavy (non-hydrogen) atoms. The summed E-state index contributed by atoms with van der Waals surface area (Å²) >= 11 is 7.47. The van der Waals surface area contributed by atoms with Crippen molar-refractivity contribution in [1.82, 2.24) is 24.6 Å². The minimum absolute atomic E-state index is 0.0135. The Morgan fingerprint density at radius 3 is 1.16 bits per heavy atom. The van der Waals surface area contributed by atoms with Crippen LogP contribution in [-0.2, 0) is 40.1 Å². The van der Waals surface area contributed by atoms with Crippen LogP contribution >= 0.6 is 22.9 Å². The van der Waals surface area contributed by atoms with Crippen LogP contribution < -0.4 is 40.9 Å². The summed E-state index contributed by atoms with van der Waals surface area (Å²) in [5.41, 5.74) is 6.67. The second-order valence-electron chi connectivity index (χ2n) is 29.6. The van der Waals surface area contributed by atoms with E-state index in [1.165, 1.54) is 23.5 Å². The molecule has 33 heteroatoms. The van der Waals surface area contributed by atoms with Crippen LogP contribution in [-0.4, -0.2) is 210 Å². The number of anilines is 8. The topological polar surface area (TPSA) is 286 Å². The number of hydrogen-bond acceptors (Lipinski definition) is 23. The molecule has 0 atom stereocenters. The van der Waals surface area contributed by atoms with E-state index in [-0.39, 0.29) is 36.8 Å². The monoisotopic (exact) mass is 1610 g/mol. The standard InChI is InChI=1S/C20H21ClN4O2S.C20H21FN4O2S.C19H22N4O3S.C18H21N5O2S2/c21-15-3-1-2-14(12-15)20-22-18-5-4-17(13-19(18)28(26,27)23-20)25-11-10-24-8-6-16(25)7-9-24;21-17-4-2-1-3-16(17)20-22-18-6-5-15(13-19(18)28(26,27)23-20)25-12-11-24-9-7-14(25)8-10-24;1-13-2-5-17(26-13)19-20-16-4-3-15(12-18(16)27(24,25)21-19)23-11-10-22-8-6-14(23)7-9-22;1-12-11-19-18(26-12)17-20-15-3-2-14(10-16(15)27(24,25)21-17)23-9-8-22-6-4-13(23)5-7-22/h1-5,12-13,16H,6-11H2,(H,22,23);1-6,13-14H,7-12H2,(H,22,23);2-5,12,14H,6-11H2,1H3,(H,20,21);2-3,10-11,13H,4-9H2,1H3,(H,20,21). The summed E-state index contributed by atoms with van der Waals surface area (Å²) in [6, 6.07) is 40.7. The number of nitrogens with one attached hydrogen (secondary N) is 4. The van der Waals surface area contributed by atoms with Gasteiger partial charge in [0.05, 0.1) is 28.3 Å². The zero-order valence-corrected chi connectivity index (χ0v) is 65.7. The molecule has 24 rings (SSSR count). The molecule has 8 aromatic rings. The molecular weight excluding hydrogens is 1520 g/mol. The van der Waals surface area contributed by atoms with Gasteiger partial charge in [0.2, 0.25) is 0 Å². The van der Waals surface area contributed by atoms with Gasteiger partial charge in [-0.05, 0) is 174 Å². The molecule has 18 heterocycles. The minimum Gasteiger partial charge on any atom is -0.458 e. The molecule has 12 fully saturated rings. The van der Waals surface area contributed by atoms with Crippen LogP contribution in [0.2, 0.25) is 5.02 Å². The maximum Gasteiger partial charge on any atom is 0.286 e. The molecule has 0 saturated carbocycles. The van der Waals surface area contributed by atoms with Gasteiger partial charge in [-0.25, -0.2) is 9.37 Å². The van der Waals surface area contributed by atoms with Crippen molar-refractivity contribution in [3.05, 3.63) is 183 Å². The highest BCUT2D eigenvalue weighted by Crippen LogP contribution is 2.41. The third kappa shape index (κ3) is 15.3. The van der Waals surface area contributed by atoms with Gasteiger partial charge in [0.15, 0.2) is 34.1 Å². The van der Waals surface area contributed by atoms with Gasteiger partial charge in [0, 0.05) is 173 Å². The fourth-order valence-electron chi connectivity index (χ4n) is 17.0. The number of amidine groups is 4. The lowest BCUT2D eigenvalue weighted by molar-refractivity contribution is 0.250. The fraction of sp³-hybridized carbons (Fsp3) is 0.390. The summed E-state index contributed by atoms with van der Waals surface area (Å²) in [6.07, 6.45) is 10.7. The molecule has 6 aromatic carbocycles. The van der Waals surface area contributed by atoms with Crippen molar-refractivity contribution in [2.45, 2.75) is 109 Å². The first-order valence-electron chi connectivity index (χ1n) is 37.5. The summed E-state index contributed by atoms with van der Waals surface area (Å²) in [4.78, 5) is 25.4. The van der Waals surface area contributed by atoms with E-state index < -0.39 is 45.9 Å². The zero-order valence-electron chi connectivity index (χ0n) is 60.8. The molecule has 26 nitrogen and oxygen atoms in total. The average Bonchev–Trinajstić information content (AvgIpc) is 0.786. The molecule has 0 aliphatic carbocycles. The van der Waals surface area contributed by atoms with Gasteiger partial charge in [0.25, 0.3) is 40.1 Å². The first-order valence-corrected chi connectivity index (χ1v) is 44.5. The Bertz CT molecular complexity index is 5350. The molecule has 0 amide bonds. The quantitative estimate of drug-likeness (QED) is 0.110. The van der Waals surface area contributed by atoms with Crippen LogP contribution in [0.1, 0.15) is 83.9 Å². The Hall–Kier alpha value is -8.83. The van der Waals surface area contributed by atoms with Gasteiger partial charge in [-0.15, -0.1) is 28.9 Å². The summed E-state index contributed by atoms with van der Waals surface area (Å²) < 4.78 is 138. The van der Waals surface area contributed by atoms with Crippen LogP contribution in [0.5, 0.6) is 0 Å². The van der Waals surface area contributed by atoms with Crippen LogP contribution in [0.15, 0.2) is 181 Å². The van der Waals surface area contributed by atoms with Gasteiger partial charge < -0.3 is 64.9 Å². The molecule has 576 valence electrons. The number of piperidine rings is 4. The smallest absolute Gasteiger partial charge is 0.286 e. The van der Waals surface area contributed by atoms with E-state index in [0.29, 0.717) is 85.7 Å². The number of benzene rings is 6. The van der Waals surface area contributed by atoms with Crippen molar-refractivity contribution in [1.29, 1.82) is 0 Å². The highest BCUT2D eigenvalue weighted by Gasteiger charge is 2.38. The third-order valence-corrected chi connectivity index (χ3v) is 29.2. The van der Waals surface area contributed by atoms with Crippen molar-refractivity contribution in [3.8, 4) is 0 Å². The Kier molecular flexibility index (Phi) is 20.2. The molecule has 16 aliphatic rings. The molecule has 0 spiro atoms. The van der Waals surface area contributed by atoms with E-state index in [2.05, 4.69) is 83.0 Å². The van der Waals surface area contributed by atoms with Crippen molar-refractivity contribution in [2.75, 3.05) is 146 Å². The maximum atomic E-state index is 14.1. The molecule has 0 unspecified atom stereocenters. The molecule has 12 saturated heterocycles. The second-order valence-corrected chi connectivity index (χ2v) is 37.6. The average molecular weight is 1610 g/mol. The van der Waals surface area contributed by atoms with Crippen LogP contribution in [0, 0.1) is 19.7 Å². The predicted molar refractivity (Wildman–Crippen MR) is 431 cm³/mol. The van der Waals surface area contributed by atoms with E-state index in [4.69, 9.17) is 16.0 Å². The number of sulfonamides is 4. The summed E-state index contributed by atoms with van der Waals surface area (Å²) in [7, 11) is -15.3. The number of nitrogens with zero attached hydrogens (tertiary/aromatic N) is 13. The second kappa shape index (κ2) is 30.0. The molecule has 16 aliphatic heterocycles. The lowest BCUT2D eigenvalue weighted by Gasteiger charge is -2.33. The normalized spacial score (nSPS) is 25.8. The van der Waals surface area contributed by atoms with Crippen LogP contribution in [0.4, 0.5) is 49.9 Å². The van der Waals surface area contributed by atoms with Gasteiger partial charge in [0.1, 0.15) is 31.2 Å². The Balaban J connectivity index is 0.000000107. The molecule has 2 aromatic heterocycles. The summed E-state index contributed by atoms with van der Waals surface area (Å²) in [5.74, 6) is 1.45. The number of furan rings is 1. The van der Waals surface area contributed by atoms with E-state index in [1.54, 1.807) is 85.1 Å². The molecule has 4 N–H and O–H groups in total. The highest BCUT2D eigenvalue weighted by molar-refractivity contribution is 7.91. The summed E-state index contributed by atoms with van der Waals surface area (Å²) in [5, 5.41) is 13.5. The Morgan fingerprint density at radius 2 is 0.782 bits per heavy atom. The van der Waals surface area contributed by atoms with Crippen molar-refractivity contribution in [2.24, 2.45) is 17.6 Å². The van der Waals surface area contributed by atoms with Gasteiger partial charge in [-0.2, -0.15) is 33.7 Å². The van der Waals surface area contributed by atoms with Gasteiger partial charge in [-0.1, -0.05) is 35.9 Å². The number of aryl methyl sites for hydroxylation is 2. The van der Waals surface area contributed by atoms with Crippen LogP contribution in [0.3, 0.4) is 0 Å². The SMILES string of the molecule is Cc1ccc(C2=NS(=O)(=O)c3cc(N4CCN5CCC4CC5)ccc3N2)o1.Cc1cnc(C2=NS(=O)(=O)c3cc(N4CCN5CCC4CC5)ccc3N2)s1.O=S1(=O)N=C(c2cccc(Cl)c2)Nc2ccc(N3CCN4CCC3CC4)cc21.O=S1(=O)N=C(c2ccccc2F)Nc2ccc(N3CCN4CCC3CC4)cc21. The number of aromatic nitrogens is 1. The van der Waals surface area contributed by atoms with E-state index >= 15 is 0 Å². The number of rotatable bonds is 8. The first-order chi connectivity index (χ1) is 53.0. The number of halogens is 2. The van der Waals surface area contributed by atoms with Crippen molar-refractivity contribution < 1.29 is 42.5 Å². The Labute approximate surface area is 649 Å². The number of thiazole rings is 1. The largest absolute Gasteiger partial charge is 0.458 e. The predicted octanol–water partition coefficient (Wildman–Crippen LogP) is 10.6. The van der Waals surface area contributed by atoms with Crippen molar-refractivity contribution in [3.63, 3.8) is 0 Å². The number of fused-ring (bicyclic) bond motifs is 20. The van der Waals surface area contributed by atoms with Crippen LogP contribution in [0.25, 0.3) is 0 Å². The maximum absolute atomic E-state index is 14.1.